The standard InChI is InChI=1S/C13H24N2O3/c1-2-4-14-12-9-18-8-11(12)13(16)15-6-10-3-5-17-7-10/h10-12,14H,2-9H2,1H3,(H,15,16). The lowest BCUT2D eigenvalue weighted by Crippen LogP contribution is -2.45. The summed E-state index contributed by atoms with van der Waals surface area (Å²) in [7, 11) is 0. The fraction of sp³-hybridized carbons (Fsp3) is 0.923. The molecule has 0 aromatic carbocycles. The normalized spacial score (nSPS) is 31.7. The minimum atomic E-state index is -0.0427. The zero-order chi connectivity index (χ0) is 12.8. The quantitative estimate of drug-likeness (QED) is 0.710. The van der Waals surface area contributed by atoms with Gasteiger partial charge in [-0.25, -0.2) is 0 Å². The Bertz CT molecular complexity index is 267. The van der Waals surface area contributed by atoms with Crippen LogP contribution in [0.5, 0.6) is 0 Å². The van der Waals surface area contributed by atoms with E-state index in [0.29, 0.717) is 19.1 Å². The number of amides is 1. The molecule has 2 aliphatic heterocycles. The van der Waals surface area contributed by atoms with Crippen LogP contribution in [0.15, 0.2) is 0 Å². The number of carbonyl (C=O) groups excluding carboxylic acids is 1. The lowest BCUT2D eigenvalue weighted by molar-refractivity contribution is -0.125. The van der Waals surface area contributed by atoms with Crippen molar-refractivity contribution in [2.75, 3.05) is 39.5 Å². The summed E-state index contributed by atoms with van der Waals surface area (Å²) in [6.07, 6.45) is 2.13. The van der Waals surface area contributed by atoms with Gasteiger partial charge < -0.3 is 20.1 Å². The van der Waals surface area contributed by atoms with Crippen LogP contribution in [0.4, 0.5) is 0 Å². The Kier molecular flexibility index (Phi) is 5.41. The Hall–Kier alpha value is -0.650. The summed E-state index contributed by atoms with van der Waals surface area (Å²) >= 11 is 0. The van der Waals surface area contributed by atoms with E-state index in [-0.39, 0.29) is 17.9 Å². The Morgan fingerprint density at radius 3 is 2.89 bits per heavy atom. The van der Waals surface area contributed by atoms with Crippen molar-refractivity contribution in [3.63, 3.8) is 0 Å². The van der Waals surface area contributed by atoms with Crippen LogP contribution < -0.4 is 10.6 Å². The molecule has 0 saturated carbocycles. The number of hydrogen-bond acceptors (Lipinski definition) is 4. The molecule has 3 unspecified atom stereocenters. The molecule has 2 N–H and O–H groups in total. The molecule has 0 bridgehead atoms. The molecule has 3 atom stereocenters. The predicted molar refractivity (Wildman–Crippen MR) is 68.3 cm³/mol. The molecule has 0 spiro atoms. The topological polar surface area (TPSA) is 59.6 Å². The van der Waals surface area contributed by atoms with E-state index in [0.717, 1.165) is 39.1 Å². The van der Waals surface area contributed by atoms with Crippen LogP contribution in [0.2, 0.25) is 0 Å². The van der Waals surface area contributed by atoms with E-state index < -0.39 is 0 Å². The van der Waals surface area contributed by atoms with Crippen molar-refractivity contribution in [2.45, 2.75) is 25.8 Å². The average Bonchev–Trinajstić information content (AvgIpc) is 3.04. The maximum Gasteiger partial charge on any atom is 0.227 e. The summed E-state index contributed by atoms with van der Waals surface area (Å²) in [5.74, 6) is 0.560. The Labute approximate surface area is 109 Å². The van der Waals surface area contributed by atoms with Gasteiger partial charge in [-0.2, -0.15) is 0 Å². The first kappa shape index (κ1) is 13.8. The minimum Gasteiger partial charge on any atom is -0.381 e. The van der Waals surface area contributed by atoms with Gasteiger partial charge in [0.15, 0.2) is 0 Å². The maximum atomic E-state index is 12.1. The van der Waals surface area contributed by atoms with Gasteiger partial charge in [0.1, 0.15) is 0 Å². The predicted octanol–water partition coefficient (Wildman–Crippen LogP) is 0.154. The van der Waals surface area contributed by atoms with Gasteiger partial charge in [0.2, 0.25) is 5.91 Å². The largest absolute Gasteiger partial charge is 0.381 e. The lowest BCUT2D eigenvalue weighted by atomic mass is 10.0. The molecular formula is C13H24N2O3. The molecule has 5 nitrogen and oxygen atoms in total. The van der Waals surface area contributed by atoms with Crippen molar-refractivity contribution in [1.82, 2.24) is 10.6 Å². The molecular weight excluding hydrogens is 232 g/mol. The van der Waals surface area contributed by atoms with Crippen LogP contribution in [0.1, 0.15) is 19.8 Å². The molecule has 18 heavy (non-hydrogen) atoms. The second-order valence-corrected chi connectivity index (χ2v) is 5.18. The third kappa shape index (κ3) is 3.67. The van der Waals surface area contributed by atoms with E-state index in [4.69, 9.17) is 9.47 Å². The fourth-order valence-electron chi connectivity index (χ4n) is 2.46. The number of carbonyl (C=O) groups is 1. The zero-order valence-corrected chi connectivity index (χ0v) is 11.1. The summed E-state index contributed by atoms with van der Waals surface area (Å²) in [5, 5.41) is 6.41. The average molecular weight is 256 g/mol. The molecule has 2 rings (SSSR count). The second-order valence-electron chi connectivity index (χ2n) is 5.18. The Balaban J connectivity index is 1.72. The van der Waals surface area contributed by atoms with Crippen LogP contribution in [0, 0.1) is 11.8 Å². The van der Waals surface area contributed by atoms with Gasteiger partial charge >= 0.3 is 0 Å². The highest BCUT2D eigenvalue weighted by atomic mass is 16.5. The fourth-order valence-corrected chi connectivity index (χ4v) is 2.46. The zero-order valence-electron chi connectivity index (χ0n) is 11.1. The first-order chi connectivity index (χ1) is 8.81. The lowest BCUT2D eigenvalue weighted by Gasteiger charge is -2.19. The van der Waals surface area contributed by atoms with Crippen LogP contribution in [0.3, 0.4) is 0 Å². The van der Waals surface area contributed by atoms with Gasteiger partial charge in [0.05, 0.1) is 25.7 Å². The van der Waals surface area contributed by atoms with Crippen molar-refractivity contribution in [3.8, 4) is 0 Å². The maximum absolute atomic E-state index is 12.1. The highest BCUT2D eigenvalue weighted by Crippen LogP contribution is 2.15. The Morgan fingerprint density at radius 2 is 2.17 bits per heavy atom. The third-order valence-corrected chi connectivity index (χ3v) is 3.66. The SMILES string of the molecule is CCCNC1COCC1C(=O)NCC1CCOC1. The van der Waals surface area contributed by atoms with Crippen molar-refractivity contribution in [1.29, 1.82) is 0 Å². The van der Waals surface area contributed by atoms with Gasteiger partial charge in [0, 0.05) is 25.1 Å². The van der Waals surface area contributed by atoms with Crippen LogP contribution in [-0.2, 0) is 14.3 Å². The van der Waals surface area contributed by atoms with Crippen molar-refractivity contribution >= 4 is 5.91 Å². The monoisotopic (exact) mass is 256 g/mol. The molecule has 104 valence electrons. The number of ether oxygens (including phenoxy) is 2. The van der Waals surface area contributed by atoms with Gasteiger partial charge in [-0.15, -0.1) is 0 Å². The van der Waals surface area contributed by atoms with E-state index in [1.165, 1.54) is 0 Å². The van der Waals surface area contributed by atoms with Gasteiger partial charge in [0.25, 0.3) is 0 Å². The van der Waals surface area contributed by atoms with Crippen molar-refractivity contribution in [2.24, 2.45) is 11.8 Å². The number of rotatable bonds is 6. The van der Waals surface area contributed by atoms with Gasteiger partial charge in [-0.3, -0.25) is 4.79 Å². The van der Waals surface area contributed by atoms with E-state index >= 15 is 0 Å². The van der Waals surface area contributed by atoms with Crippen LogP contribution in [0.25, 0.3) is 0 Å². The molecule has 2 aliphatic rings. The molecule has 0 aromatic rings. The molecule has 0 aliphatic carbocycles. The Morgan fingerprint density at radius 1 is 1.28 bits per heavy atom. The van der Waals surface area contributed by atoms with E-state index in [1.54, 1.807) is 0 Å². The smallest absolute Gasteiger partial charge is 0.227 e. The van der Waals surface area contributed by atoms with E-state index in [1.807, 2.05) is 0 Å². The summed E-state index contributed by atoms with van der Waals surface area (Å²) in [6.45, 7) is 6.58. The summed E-state index contributed by atoms with van der Waals surface area (Å²) < 4.78 is 10.7. The summed E-state index contributed by atoms with van der Waals surface area (Å²) in [6, 6.07) is 0.171. The van der Waals surface area contributed by atoms with E-state index in [9.17, 15) is 4.79 Å². The minimum absolute atomic E-state index is 0.0427. The number of hydrogen-bond donors (Lipinski definition) is 2. The van der Waals surface area contributed by atoms with Crippen molar-refractivity contribution < 1.29 is 14.3 Å². The highest BCUT2D eigenvalue weighted by molar-refractivity contribution is 5.79. The second kappa shape index (κ2) is 7.07. The third-order valence-electron chi connectivity index (χ3n) is 3.66. The van der Waals surface area contributed by atoms with Crippen LogP contribution in [-0.4, -0.2) is 51.5 Å². The molecule has 5 heteroatoms. The molecule has 1 amide bonds. The van der Waals surface area contributed by atoms with Crippen molar-refractivity contribution in [3.05, 3.63) is 0 Å². The summed E-state index contributed by atoms with van der Waals surface area (Å²) in [4.78, 5) is 12.1. The van der Waals surface area contributed by atoms with Gasteiger partial charge in [-0.1, -0.05) is 6.92 Å². The number of nitrogens with one attached hydrogen (secondary N) is 2. The molecule has 2 heterocycles. The van der Waals surface area contributed by atoms with Gasteiger partial charge in [-0.05, 0) is 19.4 Å². The van der Waals surface area contributed by atoms with Crippen LogP contribution >= 0.6 is 0 Å². The molecule has 2 fully saturated rings. The first-order valence-corrected chi connectivity index (χ1v) is 6.97. The van der Waals surface area contributed by atoms with E-state index in [2.05, 4.69) is 17.6 Å². The highest BCUT2D eigenvalue weighted by Gasteiger charge is 2.33. The molecule has 0 aromatic heterocycles. The molecule has 2 saturated heterocycles. The molecule has 0 radical (unpaired) electrons. The first-order valence-electron chi connectivity index (χ1n) is 6.97. The summed E-state index contributed by atoms with van der Waals surface area (Å²) in [5.41, 5.74) is 0.